The Labute approximate surface area is 203 Å². The molecule has 1 atom stereocenters. The molecule has 0 aliphatic rings. The van der Waals surface area contributed by atoms with Crippen molar-refractivity contribution in [3.63, 3.8) is 0 Å². The summed E-state index contributed by atoms with van der Waals surface area (Å²) in [7, 11) is 1.28. The molecule has 0 radical (unpaired) electrons. The second-order valence-corrected chi connectivity index (χ2v) is 8.30. The Morgan fingerprint density at radius 3 is 2.46 bits per heavy atom. The van der Waals surface area contributed by atoms with E-state index in [0.29, 0.717) is 17.1 Å². The summed E-state index contributed by atoms with van der Waals surface area (Å²) in [5.74, 6) is -0.122. The van der Waals surface area contributed by atoms with E-state index in [4.69, 9.17) is 20.0 Å². The first kappa shape index (κ1) is 25.5. The SMILES string of the molecule is COC(=O)c1nc(C(NC(=O)CN)C(C)C)oc1-c1c[nH]c2ccccc12.Cc1ccc(O)cc1. The van der Waals surface area contributed by atoms with E-state index < -0.39 is 12.0 Å². The average Bonchev–Trinajstić information content (AvgIpc) is 3.48. The van der Waals surface area contributed by atoms with Crippen molar-refractivity contribution in [2.75, 3.05) is 13.7 Å². The molecule has 9 heteroatoms. The van der Waals surface area contributed by atoms with E-state index in [1.807, 2.05) is 57.2 Å². The van der Waals surface area contributed by atoms with Gasteiger partial charge in [0.1, 0.15) is 11.8 Å². The number of ether oxygens (including phenoxy) is 1. The molecule has 0 spiro atoms. The Bertz CT molecular complexity index is 1270. The van der Waals surface area contributed by atoms with Crippen LogP contribution in [-0.2, 0) is 9.53 Å². The molecule has 0 fully saturated rings. The first-order valence-electron chi connectivity index (χ1n) is 11.2. The van der Waals surface area contributed by atoms with Crippen LogP contribution in [0.25, 0.3) is 22.2 Å². The van der Waals surface area contributed by atoms with Gasteiger partial charge in [0.2, 0.25) is 11.8 Å². The summed E-state index contributed by atoms with van der Waals surface area (Å²) in [6.07, 6.45) is 1.75. The molecule has 0 saturated heterocycles. The lowest BCUT2D eigenvalue weighted by atomic mass is 10.0. The molecular weight excluding hydrogens is 448 g/mol. The van der Waals surface area contributed by atoms with Crippen molar-refractivity contribution in [1.82, 2.24) is 15.3 Å². The molecule has 2 heterocycles. The van der Waals surface area contributed by atoms with Gasteiger partial charge in [0.25, 0.3) is 0 Å². The molecule has 1 amide bonds. The van der Waals surface area contributed by atoms with Gasteiger partial charge in [-0.1, -0.05) is 49.7 Å². The monoisotopic (exact) mass is 478 g/mol. The zero-order chi connectivity index (χ0) is 25.5. The van der Waals surface area contributed by atoms with Gasteiger partial charge in [-0.05, 0) is 31.0 Å². The number of aryl methyl sites for hydroxylation is 1. The number of nitrogens with zero attached hydrogens (tertiary/aromatic N) is 1. The Hall–Kier alpha value is -4.11. The zero-order valence-electron chi connectivity index (χ0n) is 20.2. The average molecular weight is 479 g/mol. The van der Waals surface area contributed by atoms with Crippen LogP contribution in [0.3, 0.4) is 0 Å². The van der Waals surface area contributed by atoms with Crippen LogP contribution in [-0.4, -0.2) is 40.6 Å². The Morgan fingerprint density at radius 1 is 1.17 bits per heavy atom. The molecule has 4 rings (SSSR count). The number of aromatic amines is 1. The van der Waals surface area contributed by atoms with E-state index in [-0.39, 0.29) is 30.0 Å². The number of carbonyl (C=O) groups excluding carboxylic acids is 2. The van der Waals surface area contributed by atoms with Crippen LogP contribution in [0.5, 0.6) is 5.75 Å². The van der Waals surface area contributed by atoms with Crippen molar-refractivity contribution >= 4 is 22.8 Å². The third kappa shape index (κ3) is 6.07. The van der Waals surface area contributed by atoms with Gasteiger partial charge in [-0.3, -0.25) is 4.79 Å². The molecule has 0 aliphatic carbocycles. The maximum absolute atomic E-state index is 12.3. The van der Waals surface area contributed by atoms with Gasteiger partial charge < -0.3 is 30.3 Å². The minimum atomic E-state index is -0.613. The zero-order valence-corrected chi connectivity index (χ0v) is 20.2. The highest BCUT2D eigenvalue weighted by atomic mass is 16.5. The number of methoxy groups -OCH3 is 1. The number of carbonyl (C=O) groups is 2. The minimum Gasteiger partial charge on any atom is -0.508 e. The Balaban J connectivity index is 0.000000363. The molecular formula is C26H30N4O5. The van der Waals surface area contributed by atoms with Crippen LogP contribution in [0.15, 0.2) is 59.1 Å². The van der Waals surface area contributed by atoms with Gasteiger partial charge in [0.05, 0.1) is 13.7 Å². The molecule has 5 N–H and O–H groups in total. The summed E-state index contributed by atoms with van der Waals surface area (Å²) < 4.78 is 10.8. The van der Waals surface area contributed by atoms with E-state index in [2.05, 4.69) is 15.3 Å². The molecule has 2 aromatic heterocycles. The van der Waals surface area contributed by atoms with Crippen LogP contribution in [0.1, 0.15) is 41.8 Å². The summed E-state index contributed by atoms with van der Waals surface area (Å²) in [4.78, 5) is 31.6. The normalized spacial score (nSPS) is 11.6. The number of aromatic hydroxyl groups is 1. The van der Waals surface area contributed by atoms with Gasteiger partial charge in [-0.25, -0.2) is 9.78 Å². The number of oxazole rings is 1. The summed E-state index contributed by atoms with van der Waals surface area (Å²) in [5.41, 5.74) is 8.22. The Morgan fingerprint density at radius 2 is 1.86 bits per heavy atom. The molecule has 0 saturated carbocycles. The minimum absolute atomic E-state index is 0.0273. The number of phenols is 1. The first-order chi connectivity index (χ1) is 16.7. The van der Waals surface area contributed by atoms with Crippen molar-refractivity contribution in [2.24, 2.45) is 11.7 Å². The van der Waals surface area contributed by atoms with E-state index in [9.17, 15) is 9.59 Å². The van der Waals surface area contributed by atoms with Crippen LogP contribution in [0.4, 0.5) is 0 Å². The van der Waals surface area contributed by atoms with Crippen molar-refractivity contribution in [2.45, 2.75) is 26.8 Å². The van der Waals surface area contributed by atoms with Crippen molar-refractivity contribution < 1.29 is 23.8 Å². The third-order valence-corrected chi connectivity index (χ3v) is 5.32. The largest absolute Gasteiger partial charge is 0.508 e. The number of H-pyrrole nitrogens is 1. The van der Waals surface area contributed by atoms with Gasteiger partial charge in [0.15, 0.2) is 11.5 Å². The Kier molecular flexibility index (Phi) is 8.27. The van der Waals surface area contributed by atoms with Gasteiger partial charge in [0, 0.05) is 22.7 Å². The number of para-hydroxylation sites is 1. The summed E-state index contributed by atoms with van der Waals surface area (Å²) >= 11 is 0. The highest BCUT2D eigenvalue weighted by Gasteiger charge is 2.29. The van der Waals surface area contributed by atoms with Crippen LogP contribution in [0.2, 0.25) is 0 Å². The van der Waals surface area contributed by atoms with Crippen molar-refractivity contribution in [3.8, 4) is 17.1 Å². The lowest BCUT2D eigenvalue weighted by molar-refractivity contribution is -0.121. The molecule has 184 valence electrons. The fourth-order valence-electron chi connectivity index (χ4n) is 3.44. The van der Waals surface area contributed by atoms with E-state index in [1.165, 1.54) is 12.7 Å². The number of hydrogen-bond acceptors (Lipinski definition) is 7. The van der Waals surface area contributed by atoms with E-state index in [0.717, 1.165) is 10.9 Å². The number of nitrogens with two attached hydrogens (primary N) is 1. The lowest BCUT2D eigenvalue weighted by Gasteiger charge is -2.18. The highest BCUT2D eigenvalue weighted by molar-refractivity contribution is 6.01. The smallest absolute Gasteiger partial charge is 0.360 e. The summed E-state index contributed by atoms with van der Waals surface area (Å²) in [6.45, 7) is 5.66. The van der Waals surface area contributed by atoms with Gasteiger partial charge >= 0.3 is 5.97 Å². The van der Waals surface area contributed by atoms with Crippen LogP contribution >= 0.6 is 0 Å². The first-order valence-corrected chi connectivity index (χ1v) is 11.2. The summed E-state index contributed by atoms with van der Waals surface area (Å²) in [6, 6.07) is 14.2. The summed E-state index contributed by atoms with van der Waals surface area (Å²) in [5, 5.41) is 12.4. The van der Waals surface area contributed by atoms with E-state index >= 15 is 0 Å². The number of amides is 1. The van der Waals surface area contributed by atoms with Crippen LogP contribution < -0.4 is 11.1 Å². The van der Waals surface area contributed by atoms with Crippen LogP contribution in [0, 0.1) is 12.8 Å². The number of rotatable bonds is 6. The predicted molar refractivity (Wildman–Crippen MR) is 133 cm³/mol. The maximum atomic E-state index is 12.3. The molecule has 1 unspecified atom stereocenters. The molecule has 4 aromatic rings. The second kappa shape index (κ2) is 11.3. The van der Waals surface area contributed by atoms with Crippen molar-refractivity contribution in [3.05, 3.63) is 71.9 Å². The number of esters is 1. The second-order valence-electron chi connectivity index (χ2n) is 8.30. The fraction of sp³-hybridized carbons (Fsp3) is 0.269. The topological polar surface area (TPSA) is 143 Å². The number of aromatic nitrogens is 2. The number of benzene rings is 2. The lowest BCUT2D eigenvalue weighted by Crippen LogP contribution is -2.36. The third-order valence-electron chi connectivity index (χ3n) is 5.32. The fourth-order valence-corrected chi connectivity index (χ4v) is 3.44. The molecule has 2 aromatic carbocycles. The number of fused-ring (bicyclic) bond motifs is 1. The van der Waals surface area contributed by atoms with Gasteiger partial charge in [-0.15, -0.1) is 0 Å². The van der Waals surface area contributed by atoms with Crippen molar-refractivity contribution in [1.29, 1.82) is 0 Å². The molecule has 0 aliphatic heterocycles. The maximum Gasteiger partial charge on any atom is 0.360 e. The van der Waals surface area contributed by atoms with Gasteiger partial charge in [-0.2, -0.15) is 0 Å². The standard InChI is InChI=1S/C19H22N4O4.C7H8O/c1-10(2)15(22-14(24)8-20)18-23-16(19(25)26-3)17(27-18)12-9-21-13-7-5-4-6-11(12)13;1-6-2-4-7(8)5-3-6/h4-7,9-10,15,21H,8,20H2,1-3H3,(H,22,24);2-5,8H,1H3. The van der Waals surface area contributed by atoms with E-state index in [1.54, 1.807) is 18.3 Å². The highest BCUT2D eigenvalue weighted by Crippen LogP contribution is 2.34. The quantitative estimate of drug-likeness (QED) is 0.306. The molecule has 0 bridgehead atoms. The molecule has 35 heavy (non-hydrogen) atoms. The number of phenolic OH excluding ortho intramolecular Hbond substituents is 1. The molecule has 9 nitrogen and oxygen atoms in total. The predicted octanol–water partition coefficient (Wildman–Crippen LogP) is 4.08. The number of nitrogens with one attached hydrogen (secondary N) is 2. The number of hydrogen-bond donors (Lipinski definition) is 4.